The smallest absolute Gasteiger partial charge is 0.341 e. The summed E-state index contributed by atoms with van der Waals surface area (Å²) < 4.78 is 7.14. The van der Waals surface area contributed by atoms with Gasteiger partial charge >= 0.3 is 5.97 Å². The Kier molecular flexibility index (Phi) is 6.36. The van der Waals surface area contributed by atoms with Gasteiger partial charge in [0.2, 0.25) is 5.69 Å². The van der Waals surface area contributed by atoms with Crippen LogP contribution in [0.1, 0.15) is 22.8 Å². The van der Waals surface area contributed by atoms with Gasteiger partial charge in [0.05, 0.1) is 6.61 Å². The molecule has 0 fully saturated rings. The molecule has 5 nitrogen and oxygen atoms in total. The van der Waals surface area contributed by atoms with Crippen molar-refractivity contribution in [2.45, 2.75) is 13.5 Å². The fraction of sp³-hybridized carbons (Fsp3) is 0.158. The highest BCUT2D eigenvalue weighted by atomic mass is 79.9. The first-order valence-electron chi connectivity index (χ1n) is 7.87. The zero-order valence-electron chi connectivity index (χ0n) is 13.9. The first-order valence-corrected chi connectivity index (χ1v) is 7.87. The summed E-state index contributed by atoms with van der Waals surface area (Å²) in [5.74, 6) is -0.0957. The molecular weight excluding hydrogens is 382 g/mol. The van der Waals surface area contributed by atoms with Crippen molar-refractivity contribution < 1.29 is 31.1 Å². The first-order chi connectivity index (χ1) is 11.7. The standard InChI is InChI=1S/C19H19N3O2.BrH/c1-2-24-19(23)15-12-16(21-18(15)20)17-10-6-7-11-22(17)13-14-8-4-3-5-9-14;/h3-12H,2,13H2,1H3,(H2,20,21);1H. The molecule has 3 N–H and O–H groups in total. The van der Waals surface area contributed by atoms with E-state index in [0.717, 1.165) is 17.9 Å². The van der Waals surface area contributed by atoms with Crippen LogP contribution in [0.2, 0.25) is 0 Å². The highest BCUT2D eigenvalue weighted by Gasteiger charge is 2.20. The van der Waals surface area contributed by atoms with E-state index in [4.69, 9.17) is 10.5 Å². The lowest BCUT2D eigenvalue weighted by molar-refractivity contribution is -0.677. The van der Waals surface area contributed by atoms with E-state index in [1.54, 1.807) is 13.0 Å². The van der Waals surface area contributed by atoms with Crippen molar-refractivity contribution in [1.82, 2.24) is 4.98 Å². The SMILES string of the molecule is CCOC(=O)c1cc(-c2cccc[n+]2Cc2ccccc2)[nH]c1N.[Br-]. The molecule has 1 aromatic carbocycles. The van der Waals surface area contributed by atoms with E-state index in [-0.39, 0.29) is 17.0 Å². The maximum atomic E-state index is 12.0. The highest BCUT2D eigenvalue weighted by Crippen LogP contribution is 2.22. The highest BCUT2D eigenvalue weighted by molar-refractivity contribution is 5.96. The summed E-state index contributed by atoms with van der Waals surface area (Å²) in [5, 5.41) is 0. The van der Waals surface area contributed by atoms with Crippen LogP contribution in [0, 0.1) is 0 Å². The number of aromatic nitrogens is 2. The number of nitrogen functional groups attached to an aromatic ring is 1. The first kappa shape index (κ1) is 18.7. The van der Waals surface area contributed by atoms with Gasteiger partial charge in [0.15, 0.2) is 12.7 Å². The van der Waals surface area contributed by atoms with Crippen LogP contribution in [0.4, 0.5) is 5.82 Å². The second kappa shape index (κ2) is 8.48. The normalized spacial score (nSPS) is 10.1. The van der Waals surface area contributed by atoms with Gasteiger partial charge in [-0.1, -0.05) is 30.3 Å². The molecule has 6 heteroatoms. The van der Waals surface area contributed by atoms with Crippen molar-refractivity contribution in [2.75, 3.05) is 12.3 Å². The monoisotopic (exact) mass is 401 g/mol. The number of H-pyrrole nitrogens is 1. The van der Waals surface area contributed by atoms with Gasteiger partial charge < -0.3 is 32.4 Å². The molecule has 3 rings (SSSR count). The van der Waals surface area contributed by atoms with E-state index in [1.165, 1.54) is 5.56 Å². The number of pyridine rings is 1. The number of esters is 1. The number of nitrogens with one attached hydrogen (secondary N) is 1. The molecule has 2 aromatic heterocycles. The molecule has 0 spiro atoms. The lowest BCUT2D eigenvalue weighted by atomic mass is 10.2. The molecule has 0 aliphatic carbocycles. The van der Waals surface area contributed by atoms with Gasteiger partial charge in [-0.3, -0.25) is 0 Å². The molecule has 0 radical (unpaired) electrons. The van der Waals surface area contributed by atoms with Gasteiger partial charge in [0.25, 0.3) is 0 Å². The Labute approximate surface area is 157 Å². The molecule has 0 saturated carbocycles. The number of aromatic amines is 1. The summed E-state index contributed by atoms with van der Waals surface area (Å²) in [6, 6.07) is 17.9. The van der Waals surface area contributed by atoms with Crippen LogP contribution in [-0.4, -0.2) is 17.6 Å². The second-order valence-electron chi connectivity index (χ2n) is 5.43. The minimum absolute atomic E-state index is 0. The van der Waals surface area contributed by atoms with E-state index in [9.17, 15) is 4.79 Å². The van der Waals surface area contributed by atoms with Crippen LogP contribution < -0.4 is 27.3 Å². The minimum atomic E-state index is -0.414. The van der Waals surface area contributed by atoms with Crippen LogP contribution in [-0.2, 0) is 11.3 Å². The van der Waals surface area contributed by atoms with E-state index in [2.05, 4.69) is 21.7 Å². The topological polar surface area (TPSA) is 72.0 Å². The molecule has 0 aliphatic rings. The van der Waals surface area contributed by atoms with Gasteiger partial charge in [0.1, 0.15) is 17.1 Å². The number of rotatable bonds is 5. The molecule has 3 aromatic rings. The fourth-order valence-electron chi connectivity index (χ4n) is 2.63. The van der Waals surface area contributed by atoms with E-state index >= 15 is 0 Å². The minimum Gasteiger partial charge on any atom is -1.00 e. The van der Waals surface area contributed by atoms with E-state index in [1.807, 2.05) is 42.6 Å². The molecule has 0 saturated heterocycles. The quantitative estimate of drug-likeness (QED) is 0.458. The number of hydrogen-bond acceptors (Lipinski definition) is 3. The van der Waals surface area contributed by atoms with Gasteiger partial charge in [-0.05, 0) is 19.1 Å². The number of nitrogens with zero attached hydrogens (tertiary/aromatic N) is 1. The maximum absolute atomic E-state index is 12.0. The molecule has 0 atom stereocenters. The fourth-order valence-corrected chi connectivity index (χ4v) is 2.63. The van der Waals surface area contributed by atoms with Crippen molar-refractivity contribution in [3.05, 3.63) is 71.9 Å². The molecule has 2 heterocycles. The third kappa shape index (κ3) is 4.28. The summed E-state index contributed by atoms with van der Waals surface area (Å²) in [7, 11) is 0. The van der Waals surface area contributed by atoms with Crippen molar-refractivity contribution in [3.63, 3.8) is 0 Å². The number of carbonyl (C=O) groups excluding carboxylic acids is 1. The Balaban J connectivity index is 0.00000225. The largest absolute Gasteiger partial charge is 1.00 e. The zero-order valence-corrected chi connectivity index (χ0v) is 15.5. The van der Waals surface area contributed by atoms with Crippen LogP contribution in [0.3, 0.4) is 0 Å². The summed E-state index contributed by atoms with van der Waals surface area (Å²) in [6.07, 6.45) is 2.00. The van der Waals surface area contributed by atoms with Crippen molar-refractivity contribution in [3.8, 4) is 11.4 Å². The number of nitrogens with two attached hydrogens (primary N) is 1. The molecule has 130 valence electrons. The van der Waals surface area contributed by atoms with E-state index in [0.29, 0.717) is 18.0 Å². The predicted molar refractivity (Wildman–Crippen MR) is 92.3 cm³/mol. The number of anilines is 1. The maximum Gasteiger partial charge on any atom is 0.341 e. The second-order valence-corrected chi connectivity index (χ2v) is 5.43. The van der Waals surface area contributed by atoms with Gasteiger partial charge in [-0.15, -0.1) is 0 Å². The number of ether oxygens (including phenoxy) is 1. The average molecular weight is 402 g/mol. The molecule has 0 aliphatic heterocycles. The lowest BCUT2D eigenvalue weighted by Crippen LogP contribution is -3.00. The number of hydrogen-bond donors (Lipinski definition) is 2. The van der Waals surface area contributed by atoms with Crippen LogP contribution in [0.5, 0.6) is 0 Å². The Morgan fingerprint density at radius 1 is 1.16 bits per heavy atom. The summed E-state index contributed by atoms with van der Waals surface area (Å²) in [5.41, 5.74) is 9.24. The molecule has 25 heavy (non-hydrogen) atoms. The Bertz CT molecular complexity index is 847. The van der Waals surface area contributed by atoms with Crippen molar-refractivity contribution >= 4 is 11.8 Å². The summed E-state index contributed by atoms with van der Waals surface area (Å²) >= 11 is 0. The van der Waals surface area contributed by atoms with Gasteiger partial charge in [-0.25, -0.2) is 4.79 Å². The predicted octanol–water partition coefficient (Wildman–Crippen LogP) is -0.220. The Morgan fingerprint density at radius 2 is 1.88 bits per heavy atom. The van der Waals surface area contributed by atoms with Gasteiger partial charge in [0, 0.05) is 17.7 Å². The Morgan fingerprint density at radius 3 is 2.60 bits per heavy atom. The third-order valence-corrected chi connectivity index (χ3v) is 3.76. The molecule has 0 amide bonds. The molecule has 0 bridgehead atoms. The number of halogens is 1. The number of carbonyl (C=O) groups is 1. The lowest BCUT2D eigenvalue weighted by Gasteiger charge is -2.02. The van der Waals surface area contributed by atoms with E-state index < -0.39 is 5.97 Å². The molecular formula is C19H20BrN3O2. The van der Waals surface area contributed by atoms with Crippen LogP contribution in [0.15, 0.2) is 60.8 Å². The van der Waals surface area contributed by atoms with Crippen molar-refractivity contribution in [2.24, 2.45) is 0 Å². The molecule has 0 unspecified atom stereocenters. The van der Waals surface area contributed by atoms with Crippen LogP contribution in [0.25, 0.3) is 11.4 Å². The number of benzene rings is 1. The van der Waals surface area contributed by atoms with Crippen LogP contribution >= 0.6 is 0 Å². The van der Waals surface area contributed by atoms with Crippen molar-refractivity contribution in [1.29, 1.82) is 0 Å². The van der Waals surface area contributed by atoms with Gasteiger partial charge in [-0.2, -0.15) is 4.57 Å². The summed E-state index contributed by atoms with van der Waals surface area (Å²) in [4.78, 5) is 15.0. The summed E-state index contributed by atoms with van der Waals surface area (Å²) in [6.45, 7) is 2.81. The zero-order chi connectivity index (χ0) is 16.9. The Hall–Kier alpha value is -2.60. The third-order valence-electron chi connectivity index (χ3n) is 3.76. The average Bonchev–Trinajstić information content (AvgIpc) is 2.98.